The van der Waals surface area contributed by atoms with Crippen molar-refractivity contribution in [3.8, 4) is 0 Å². The van der Waals surface area contributed by atoms with Gasteiger partial charge in [0.25, 0.3) is 0 Å². The molecule has 0 aliphatic heterocycles. The molecule has 0 saturated heterocycles. The van der Waals surface area contributed by atoms with Crippen LogP contribution in [0, 0.1) is 5.41 Å². The van der Waals surface area contributed by atoms with Gasteiger partial charge in [-0.15, -0.1) is 11.6 Å². The quantitative estimate of drug-likeness (QED) is 0.476. The molecule has 0 saturated carbocycles. The molecule has 0 atom stereocenters. The highest BCUT2D eigenvalue weighted by Crippen LogP contribution is 2.25. The van der Waals surface area contributed by atoms with Crippen molar-refractivity contribution in [1.29, 1.82) is 0 Å². The van der Waals surface area contributed by atoms with Gasteiger partial charge in [-0.1, -0.05) is 31.2 Å². The Balaban J connectivity index is 2.69. The van der Waals surface area contributed by atoms with Gasteiger partial charge in [0.1, 0.15) is 0 Å². The molecule has 0 fully saturated rings. The zero-order valence-electron chi connectivity index (χ0n) is 4.89. The standard InChI is InChI=1S/C7H9Cl/c1-7(6-8)4-2-3-5-7/h2-5H,6H2,1H3. The molecule has 0 unspecified atom stereocenters. The van der Waals surface area contributed by atoms with Crippen molar-refractivity contribution in [1.82, 2.24) is 0 Å². The maximum atomic E-state index is 5.65. The Morgan fingerprint density at radius 3 is 2.12 bits per heavy atom. The molecule has 0 heterocycles. The molecule has 0 radical (unpaired) electrons. The Kier molecular flexibility index (Phi) is 1.43. The fraction of sp³-hybridized carbons (Fsp3) is 0.429. The third-order valence-electron chi connectivity index (χ3n) is 1.35. The second-order valence-electron chi connectivity index (χ2n) is 2.36. The van der Waals surface area contributed by atoms with Gasteiger partial charge in [0, 0.05) is 11.3 Å². The number of alkyl halides is 1. The third kappa shape index (κ3) is 0.948. The van der Waals surface area contributed by atoms with Crippen LogP contribution in [0.1, 0.15) is 6.92 Å². The zero-order chi connectivity index (χ0) is 6.04. The van der Waals surface area contributed by atoms with Gasteiger partial charge in [0.2, 0.25) is 0 Å². The molecule has 44 valence electrons. The van der Waals surface area contributed by atoms with E-state index in [0.29, 0.717) is 5.88 Å². The van der Waals surface area contributed by atoms with E-state index in [2.05, 4.69) is 19.1 Å². The average Bonchev–Trinajstić information content (AvgIpc) is 2.17. The molecule has 0 aromatic rings. The van der Waals surface area contributed by atoms with Crippen LogP contribution >= 0.6 is 11.6 Å². The van der Waals surface area contributed by atoms with E-state index in [-0.39, 0.29) is 5.41 Å². The van der Waals surface area contributed by atoms with E-state index in [9.17, 15) is 0 Å². The SMILES string of the molecule is CC1(CCl)C=CC=C1. The topological polar surface area (TPSA) is 0 Å². The summed E-state index contributed by atoms with van der Waals surface area (Å²) < 4.78 is 0. The first-order chi connectivity index (χ1) is 3.77. The first-order valence-electron chi connectivity index (χ1n) is 2.70. The van der Waals surface area contributed by atoms with Gasteiger partial charge in [0.15, 0.2) is 0 Å². The second-order valence-corrected chi connectivity index (χ2v) is 2.62. The van der Waals surface area contributed by atoms with Gasteiger partial charge >= 0.3 is 0 Å². The van der Waals surface area contributed by atoms with E-state index < -0.39 is 0 Å². The lowest BCUT2D eigenvalue weighted by molar-refractivity contribution is 0.645. The molecule has 0 aromatic carbocycles. The summed E-state index contributed by atoms with van der Waals surface area (Å²) in [5, 5.41) is 0. The average molecular weight is 129 g/mol. The number of halogens is 1. The molecule has 0 bridgehead atoms. The van der Waals surface area contributed by atoms with Gasteiger partial charge in [-0.2, -0.15) is 0 Å². The number of allylic oxidation sites excluding steroid dienone is 4. The van der Waals surface area contributed by atoms with E-state index in [1.165, 1.54) is 0 Å². The highest BCUT2D eigenvalue weighted by Gasteiger charge is 2.16. The van der Waals surface area contributed by atoms with E-state index in [1.54, 1.807) is 0 Å². The van der Waals surface area contributed by atoms with E-state index in [0.717, 1.165) is 0 Å². The van der Waals surface area contributed by atoms with E-state index in [4.69, 9.17) is 11.6 Å². The number of hydrogen-bond acceptors (Lipinski definition) is 0. The molecule has 0 N–H and O–H groups in total. The minimum absolute atomic E-state index is 0.140. The summed E-state index contributed by atoms with van der Waals surface area (Å²) in [5.74, 6) is 0.681. The molecule has 0 nitrogen and oxygen atoms in total. The Labute approximate surface area is 54.8 Å². The van der Waals surface area contributed by atoms with Crippen molar-refractivity contribution >= 4 is 11.6 Å². The molecule has 0 spiro atoms. The maximum Gasteiger partial charge on any atom is 0.0347 e. The lowest BCUT2D eigenvalue weighted by Gasteiger charge is -2.12. The van der Waals surface area contributed by atoms with Gasteiger partial charge < -0.3 is 0 Å². The minimum Gasteiger partial charge on any atom is -0.125 e. The lowest BCUT2D eigenvalue weighted by Crippen LogP contribution is -2.07. The van der Waals surface area contributed by atoms with Crippen LogP contribution in [-0.4, -0.2) is 5.88 Å². The number of rotatable bonds is 1. The first-order valence-corrected chi connectivity index (χ1v) is 3.23. The van der Waals surface area contributed by atoms with Crippen LogP contribution in [0.15, 0.2) is 24.3 Å². The van der Waals surface area contributed by atoms with Crippen LogP contribution < -0.4 is 0 Å². The monoisotopic (exact) mass is 128 g/mol. The summed E-state index contributed by atoms with van der Waals surface area (Å²) in [5.41, 5.74) is 0.140. The normalized spacial score (nSPS) is 22.2. The summed E-state index contributed by atoms with van der Waals surface area (Å²) in [6, 6.07) is 0. The van der Waals surface area contributed by atoms with Crippen molar-refractivity contribution in [3.63, 3.8) is 0 Å². The van der Waals surface area contributed by atoms with E-state index >= 15 is 0 Å². The summed E-state index contributed by atoms with van der Waals surface area (Å²) in [6.07, 6.45) is 8.28. The molecule has 1 rings (SSSR count). The smallest absolute Gasteiger partial charge is 0.0347 e. The summed E-state index contributed by atoms with van der Waals surface area (Å²) in [6.45, 7) is 2.11. The van der Waals surface area contributed by atoms with Crippen molar-refractivity contribution in [2.45, 2.75) is 6.92 Å². The van der Waals surface area contributed by atoms with Gasteiger partial charge in [-0.05, 0) is 0 Å². The third-order valence-corrected chi connectivity index (χ3v) is 1.93. The predicted octanol–water partition coefficient (Wildman–Crippen LogP) is 2.36. The fourth-order valence-electron chi connectivity index (χ4n) is 0.695. The highest BCUT2D eigenvalue weighted by molar-refractivity contribution is 6.18. The Hall–Kier alpha value is -0.230. The van der Waals surface area contributed by atoms with E-state index in [1.807, 2.05) is 12.2 Å². The molecule has 0 amide bonds. The van der Waals surface area contributed by atoms with Crippen LogP contribution in [0.25, 0.3) is 0 Å². The molecular weight excluding hydrogens is 120 g/mol. The van der Waals surface area contributed by atoms with Gasteiger partial charge in [-0.3, -0.25) is 0 Å². The molecule has 8 heavy (non-hydrogen) atoms. The first kappa shape index (κ1) is 5.90. The van der Waals surface area contributed by atoms with Gasteiger partial charge in [-0.25, -0.2) is 0 Å². The Morgan fingerprint density at radius 1 is 1.38 bits per heavy atom. The molecule has 1 aliphatic carbocycles. The summed E-state index contributed by atoms with van der Waals surface area (Å²) in [4.78, 5) is 0. The van der Waals surface area contributed by atoms with Crippen LogP contribution in [0.4, 0.5) is 0 Å². The summed E-state index contributed by atoms with van der Waals surface area (Å²) >= 11 is 5.65. The molecule has 1 aliphatic rings. The minimum atomic E-state index is 0.140. The highest BCUT2D eigenvalue weighted by atomic mass is 35.5. The molecule has 1 heteroatoms. The number of hydrogen-bond donors (Lipinski definition) is 0. The molecule has 0 aromatic heterocycles. The fourth-order valence-corrected chi connectivity index (χ4v) is 0.874. The maximum absolute atomic E-state index is 5.65. The van der Waals surface area contributed by atoms with Crippen LogP contribution in [-0.2, 0) is 0 Å². The van der Waals surface area contributed by atoms with Crippen molar-refractivity contribution in [2.24, 2.45) is 5.41 Å². The van der Waals surface area contributed by atoms with Crippen LogP contribution in [0.3, 0.4) is 0 Å². The predicted molar refractivity (Wildman–Crippen MR) is 37.1 cm³/mol. The Bertz CT molecular complexity index is 121. The van der Waals surface area contributed by atoms with Crippen LogP contribution in [0.5, 0.6) is 0 Å². The Morgan fingerprint density at radius 2 is 1.88 bits per heavy atom. The van der Waals surface area contributed by atoms with Crippen LogP contribution in [0.2, 0.25) is 0 Å². The summed E-state index contributed by atoms with van der Waals surface area (Å²) in [7, 11) is 0. The zero-order valence-corrected chi connectivity index (χ0v) is 5.65. The van der Waals surface area contributed by atoms with Crippen molar-refractivity contribution < 1.29 is 0 Å². The van der Waals surface area contributed by atoms with Crippen molar-refractivity contribution in [2.75, 3.05) is 5.88 Å². The lowest BCUT2D eigenvalue weighted by atomic mass is 9.96. The second kappa shape index (κ2) is 1.94. The molecular formula is C7H9Cl. The van der Waals surface area contributed by atoms with Crippen molar-refractivity contribution in [3.05, 3.63) is 24.3 Å². The van der Waals surface area contributed by atoms with Gasteiger partial charge in [0.05, 0.1) is 0 Å². The largest absolute Gasteiger partial charge is 0.125 e.